The Bertz CT molecular complexity index is 178. The molecule has 2 unspecified atom stereocenters. The van der Waals surface area contributed by atoms with Crippen molar-refractivity contribution in [3.8, 4) is 0 Å². The van der Waals surface area contributed by atoms with Crippen molar-refractivity contribution in [2.75, 3.05) is 13.2 Å². The van der Waals surface area contributed by atoms with Gasteiger partial charge < -0.3 is 10.1 Å². The molecular weight excluding hydrogens is 190 g/mol. The van der Waals surface area contributed by atoms with Crippen LogP contribution in [0.2, 0.25) is 0 Å². The molecule has 1 amide bonds. The fourth-order valence-corrected chi connectivity index (χ4v) is 1.62. The average molecular weight is 206 g/mol. The number of halogens is 1. The number of amides is 1. The second-order valence-electron chi connectivity index (χ2n) is 3.69. The summed E-state index contributed by atoms with van der Waals surface area (Å²) in [5, 5.41) is 2.35. The Balaban J connectivity index is 2.36. The normalized spacial score (nSPS) is 24.8. The molecule has 1 N–H and O–H groups in total. The number of rotatable bonds is 3. The standard InChI is InChI=1S/C9H16ClNO2/c1-6(2)11-9(12)8(10)7-3-4-13-5-7/h6-8H,3-5H2,1-2H3,(H,11,12). The zero-order valence-electron chi connectivity index (χ0n) is 8.05. The summed E-state index contributed by atoms with van der Waals surface area (Å²) >= 11 is 5.99. The third kappa shape index (κ3) is 3.16. The van der Waals surface area contributed by atoms with Crippen molar-refractivity contribution < 1.29 is 9.53 Å². The Morgan fingerprint density at radius 2 is 2.31 bits per heavy atom. The van der Waals surface area contributed by atoms with Gasteiger partial charge in [-0.15, -0.1) is 11.6 Å². The highest BCUT2D eigenvalue weighted by atomic mass is 35.5. The molecule has 0 aromatic heterocycles. The van der Waals surface area contributed by atoms with Crippen LogP contribution in [0.15, 0.2) is 0 Å². The minimum Gasteiger partial charge on any atom is -0.381 e. The zero-order chi connectivity index (χ0) is 9.84. The SMILES string of the molecule is CC(C)NC(=O)C(Cl)C1CCOC1. The highest BCUT2D eigenvalue weighted by Crippen LogP contribution is 2.21. The molecule has 1 fully saturated rings. The molecular formula is C9H16ClNO2. The molecule has 76 valence electrons. The molecule has 1 saturated heterocycles. The lowest BCUT2D eigenvalue weighted by molar-refractivity contribution is -0.122. The third-order valence-corrected chi connectivity index (χ3v) is 2.61. The molecule has 2 atom stereocenters. The Labute approximate surface area is 83.8 Å². The van der Waals surface area contributed by atoms with Gasteiger partial charge in [-0.25, -0.2) is 0 Å². The quantitative estimate of drug-likeness (QED) is 0.703. The highest BCUT2D eigenvalue weighted by molar-refractivity contribution is 6.31. The van der Waals surface area contributed by atoms with Crippen LogP contribution in [-0.4, -0.2) is 30.5 Å². The van der Waals surface area contributed by atoms with Gasteiger partial charge in [-0.1, -0.05) is 0 Å². The van der Waals surface area contributed by atoms with E-state index < -0.39 is 5.38 Å². The van der Waals surface area contributed by atoms with Crippen molar-refractivity contribution in [2.45, 2.75) is 31.7 Å². The fraction of sp³-hybridized carbons (Fsp3) is 0.889. The minimum absolute atomic E-state index is 0.0767. The van der Waals surface area contributed by atoms with Crippen molar-refractivity contribution in [3.63, 3.8) is 0 Å². The van der Waals surface area contributed by atoms with E-state index >= 15 is 0 Å². The first-order chi connectivity index (χ1) is 6.11. The number of carbonyl (C=O) groups is 1. The Morgan fingerprint density at radius 3 is 2.77 bits per heavy atom. The summed E-state index contributed by atoms with van der Waals surface area (Å²) in [6, 6.07) is 0.149. The first-order valence-electron chi connectivity index (χ1n) is 4.63. The Kier molecular flexibility index (Phi) is 4.00. The lowest BCUT2D eigenvalue weighted by Gasteiger charge is -2.16. The summed E-state index contributed by atoms with van der Waals surface area (Å²) in [7, 11) is 0. The monoisotopic (exact) mass is 205 g/mol. The average Bonchev–Trinajstić information content (AvgIpc) is 2.53. The molecule has 0 bridgehead atoms. The summed E-state index contributed by atoms with van der Waals surface area (Å²) in [6.45, 7) is 5.18. The van der Waals surface area contributed by atoms with Crippen molar-refractivity contribution in [1.82, 2.24) is 5.32 Å². The third-order valence-electron chi connectivity index (χ3n) is 2.06. The fourth-order valence-electron chi connectivity index (χ4n) is 1.36. The molecule has 1 rings (SSSR count). The number of nitrogens with one attached hydrogen (secondary N) is 1. The van der Waals surface area contributed by atoms with E-state index in [1.165, 1.54) is 0 Å². The van der Waals surface area contributed by atoms with Crippen molar-refractivity contribution in [1.29, 1.82) is 0 Å². The van der Waals surface area contributed by atoms with Crippen LogP contribution >= 0.6 is 11.6 Å². The van der Waals surface area contributed by atoms with Crippen LogP contribution in [0.4, 0.5) is 0 Å². The van der Waals surface area contributed by atoms with Crippen LogP contribution in [0.1, 0.15) is 20.3 Å². The van der Waals surface area contributed by atoms with Gasteiger partial charge in [0.2, 0.25) is 5.91 Å². The molecule has 1 heterocycles. The van der Waals surface area contributed by atoms with E-state index in [-0.39, 0.29) is 17.9 Å². The van der Waals surface area contributed by atoms with E-state index in [1.54, 1.807) is 0 Å². The summed E-state index contributed by atoms with van der Waals surface area (Å²) in [5.41, 5.74) is 0. The largest absolute Gasteiger partial charge is 0.381 e. The van der Waals surface area contributed by atoms with Crippen molar-refractivity contribution in [2.24, 2.45) is 5.92 Å². The predicted molar refractivity (Wildman–Crippen MR) is 51.8 cm³/mol. The van der Waals surface area contributed by atoms with E-state index in [0.29, 0.717) is 6.61 Å². The number of ether oxygens (including phenoxy) is 1. The topological polar surface area (TPSA) is 38.3 Å². The van der Waals surface area contributed by atoms with Crippen LogP contribution < -0.4 is 5.32 Å². The van der Waals surface area contributed by atoms with E-state index in [0.717, 1.165) is 13.0 Å². The summed E-state index contributed by atoms with van der Waals surface area (Å²) in [6.07, 6.45) is 0.889. The molecule has 0 aliphatic carbocycles. The van der Waals surface area contributed by atoms with E-state index in [1.807, 2.05) is 13.8 Å². The molecule has 0 aromatic rings. The maximum Gasteiger partial charge on any atom is 0.238 e. The summed E-state index contributed by atoms with van der Waals surface area (Å²) in [4.78, 5) is 11.4. The maximum atomic E-state index is 11.4. The van der Waals surface area contributed by atoms with Gasteiger partial charge in [0, 0.05) is 18.6 Å². The van der Waals surface area contributed by atoms with Gasteiger partial charge in [0.05, 0.1) is 6.61 Å². The van der Waals surface area contributed by atoms with Crippen molar-refractivity contribution in [3.05, 3.63) is 0 Å². The van der Waals surface area contributed by atoms with Crippen LogP contribution in [-0.2, 0) is 9.53 Å². The van der Waals surface area contributed by atoms with Gasteiger partial charge in [0.15, 0.2) is 0 Å². The first-order valence-corrected chi connectivity index (χ1v) is 5.07. The molecule has 0 spiro atoms. The van der Waals surface area contributed by atoms with Crippen molar-refractivity contribution >= 4 is 17.5 Å². The van der Waals surface area contributed by atoms with Gasteiger partial charge in [0.1, 0.15) is 5.38 Å². The minimum atomic E-state index is -0.440. The molecule has 1 aliphatic rings. The first kappa shape index (κ1) is 10.8. The summed E-state index contributed by atoms with van der Waals surface area (Å²) < 4.78 is 5.17. The summed E-state index contributed by atoms with van der Waals surface area (Å²) in [5.74, 6) is 0.104. The van der Waals surface area contributed by atoms with E-state index in [2.05, 4.69) is 5.32 Å². The Hall–Kier alpha value is -0.280. The van der Waals surface area contributed by atoms with Crippen LogP contribution in [0.3, 0.4) is 0 Å². The molecule has 4 heteroatoms. The van der Waals surface area contributed by atoms with Crippen LogP contribution in [0.25, 0.3) is 0 Å². The number of hydrogen-bond donors (Lipinski definition) is 1. The molecule has 13 heavy (non-hydrogen) atoms. The van der Waals surface area contributed by atoms with Crippen LogP contribution in [0.5, 0.6) is 0 Å². The molecule has 1 aliphatic heterocycles. The molecule has 0 radical (unpaired) electrons. The second-order valence-corrected chi connectivity index (χ2v) is 4.16. The predicted octanol–water partition coefficient (Wildman–Crippen LogP) is 1.15. The van der Waals surface area contributed by atoms with Crippen LogP contribution in [0, 0.1) is 5.92 Å². The Morgan fingerprint density at radius 1 is 1.62 bits per heavy atom. The smallest absolute Gasteiger partial charge is 0.238 e. The van der Waals surface area contributed by atoms with Gasteiger partial charge in [-0.3, -0.25) is 4.79 Å². The second kappa shape index (κ2) is 4.82. The van der Waals surface area contributed by atoms with E-state index in [4.69, 9.17) is 16.3 Å². The molecule has 0 aromatic carbocycles. The van der Waals surface area contributed by atoms with Gasteiger partial charge in [-0.2, -0.15) is 0 Å². The van der Waals surface area contributed by atoms with E-state index in [9.17, 15) is 4.79 Å². The number of carbonyl (C=O) groups excluding carboxylic acids is 1. The van der Waals surface area contributed by atoms with Gasteiger partial charge in [-0.05, 0) is 20.3 Å². The zero-order valence-corrected chi connectivity index (χ0v) is 8.80. The highest BCUT2D eigenvalue weighted by Gasteiger charge is 2.29. The lowest BCUT2D eigenvalue weighted by atomic mass is 10.0. The lowest BCUT2D eigenvalue weighted by Crippen LogP contribution is -2.39. The maximum absolute atomic E-state index is 11.4. The number of hydrogen-bond acceptors (Lipinski definition) is 2. The molecule has 3 nitrogen and oxygen atoms in total. The van der Waals surface area contributed by atoms with Gasteiger partial charge >= 0.3 is 0 Å². The van der Waals surface area contributed by atoms with Gasteiger partial charge in [0.25, 0.3) is 0 Å². The number of alkyl halides is 1. The molecule has 0 saturated carbocycles.